The van der Waals surface area contributed by atoms with Gasteiger partial charge in [0, 0.05) is 18.0 Å². The average molecular weight is 369 g/mol. The minimum Gasteiger partial charge on any atom is -0.486 e. The molecule has 0 fully saturated rings. The van der Waals surface area contributed by atoms with Crippen molar-refractivity contribution in [3.05, 3.63) is 35.2 Å². The summed E-state index contributed by atoms with van der Waals surface area (Å²) in [5, 5.41) is 6.09. The fourth-order valence-electron chi connectivity index (χ4n) is 2.34. The Kier molecular flexibility index (Phi) is 6.90. The van der Waals surface area contributed by atoms with E-state index in [1.54, 1.807) is 0 Å². The third kappa shape index (κ3) is 4.41. The van der Waals surface area contributed by atoms with Gasteiger partial charge in [-0.25, -0.2) is 0 Å². The highest BCUT2D eigenvalue weighted by Crippen LogP contribution is 2.36. The van der Waals surface area contributed by atoms with Crippen molar-refractivity contribution in [1.82, 2.24) is 10.6 Å². The zero-order valence-corrected chi connectivity index (χ0v) is 15.1. The number of likely N-dealkylation sites (N-methyl/N-ethyl adjacent to an activating group) is 1. The molecule has 0 bridgehead atoms. The number of rotatable bonds is 6. The normalized spacial score (nSPS) is 12.4. The zero-order valence-electron chi connectivity index (χ0n) is 13.5. The Bertz CT molecular complexity index is 690. The van der Waals surface area contributed by atoms with Crippen LogP contribution in [0.1, 0.15) is 16.6 Å². The number of fused-ring (bicyclic) bond motifs is 1. The molecule has 1 aliphatic heterocycles. The number of halogens is 1. The lowest BCUT2D eigenvalue weighted by Gasteiger charge is -2.18. The minimum atomic E-state index is -0.0308. The van der Waals surface area contributed by atoms with E-state index in [-0.39, 0.29) is 18.3 Å². The van der Waals surface area contributed by atoms with Gasteiger partial charge in [0.2, 0.25) is 0 Å². The Morgan fingerprint density at radius 1 is 1.12 bits per heavy atom. The Morgan fingerprint density at radius 3 is 2.71 bits per heavy atom. The van der Waals surface area contributed by atoms with E-state index in [9.17, 15) is 4.79 Å². The monoisotopic (exact) mass is 368 g/mol. The predicted octanol–water partition coefficient (Wildman–Crippen LogP) is 2.95. The molecule has 0 saturated carbocycles. The molecule has 1 aromatic heterocycles. The maximum atomic E-state index is 12.1. The van der Waals surface area contributed by atoms with Gasteiger partial charge in [0.15, 0.2) is 11.5 Å². The highest BCUT2D eigenvalue weighted by Gasteiger charge is 2.14. The third-order valence-electron chi connectivity index (χ3n) is 3.49. The smallest absolute Gasteiger partial charge is 0.261 e. The highest BCUT2D eigenvalue weighted by molar-refractivity contribution is 7.17. The molecule has 3 rings (SSSR count). The van der Waals surface area contributed by atoms with Crippen molar-refractivity contribution in [2.75, 3.05) is 32.8 Å². The number of amides is 1. The van der Waals surface area contributed by atoms with Gasteiger partial charge in [0.25, 0.3) is 5.91 Å². The number of ether oxygens (including phenoxy) is 2. The first-order chi connectivity index (χ1) is 11.3. The molecule has 0 unspecified atom stereocenters. The van der Waals surface area contributed by atoms with Gasteiger partial charge in [-0.05, 0) is 42.4 Å². The maximum absolute atomic E-state index is 12.1. The molecule has 130 valence electrons. The first kappa shape index (κ1) is 18.6. The summed E-state index contributed by atoms with van der Waals surface area (Å²) in [6, 6.07) is 9.70. The number of hydrogen-bond donors (Lipinski definition) is 2. The van der Waals surface area contributed by atoms with Crippen molar-refractivity contribution in [1.29, 1.82) is 0 Å². The van der Waals surface area contributed by atoms with Gasteiger partial charge in [0.1, 0.15) is 13.2 Å². The lowest BCUT2D eigenvalue weighted by atomic mass is 10.1. The predicted molar refractivity (Wildman–Crippen MR) is 98.9 cm³/mol. The Hall–Kier alpha value is -1.76. The SMILES string of the molecule is CCNCCNC(=O)c1ccc(-c2ccc3c(c2)OCCO3)s1.Cl. The van der Waals surface area contributed by atoms with E-state index < -0.39 is 0 Å². The highest BCUT2D eigenvalue weighted by atomic mass is 35.5. The topological polar surface area (TPSA) is 59.6 Å². The van der Waals surface area contributed by atoms with E-state index in [1.165, 1.54) is 11.3 Å². The van der Waals surface area contributed by atoms with Crippen LogP contribution < -0.4 is 20.1 Å². The van der Waals surface area contributed by atoms with Gasteiger partial charge >= 0.3 is 0 Å². The largest absolute Gasteiger partial charge is 0.486 e. The zero-order chi connectivity index (χ0) is 16.1. The van der Waals surface area contributed by atoms with Crippen LogP contribution in [0.2, 0.25) is 0 Å². The molecule has 1 aliphatic rings. The Labute approximate surface area is 151 Å². The second kappa shape index (κ2) is 8.92. The van der Waals surface area contributed by atoms with E-state index in [2.05, 4.69) is 10.6 Å². The van der Waals surface area contributed by atoms with Crippen LogP contribution in [0.25, 0.3) is 10.4 Å². The Balaban J connectivity index is 0.00000208. The minimum absolute atomic E-state index is 0. The second-order valence-corrected chi connectivity index (χ2v) is 6.22. The van der Waals surface area contributed by atoms with Gasteiger partial charge in [-0.3, -0.25) is 4.79 Å². The van der Waals surface area contributed by atoms with Crippen LogP contribution in [-0.2, 0) is 0 Å². The lowest BCUT2D eigenvalue weighted by Crippen LogP contribution is -2.31. The summed E-state index contributed by atoms with van der Waals surface area (Å²) in [5.74, 6) is 1.51. The van der Waals surface area contributed by atoms with E-state index in [1.807, 2.05) is 37.3 Å². The molecule has 5 nitrogen and oxygen atoms in total. The van der Waals surface area contributed by atoms with Gasteiger partial charge in [-0.1, -0.05) is 6.92 Å². The van der Waals surface area contributed by atoms with Crippen molar-refractivity contribution in [3.8, 4) is 21.9 Å². The summed E-state index contributed by atoms with van der Waals surface area (Å²) in [5.41, 5.74) is 1.03. The molecule has 0 radical (unpaired) electrons. The van der Waals surface area contributed by atoms with Crippen molar-refractivity contribution < 1.29 is 14.3 Å². The summed E-state index contributed by atoms with van der Waals surface area (Å²) in [6.07, 6.45) is 0. The van der Waals surface area contributed by atoms with Crippen LogP contribution >= 0.6 is 23.7 Å². The number of hydrogen-bond acceptors (Lipinski definition) is 5. The van der Waals surface area contributed by atoms with Crippen LogP contribution in [0.5, 0.6) is 11.5 Å². The Morgan fingerprint density at radius 2 is 1.92 bits per heavy atom. The summed E-state index contributed by atoms with van der Waals surface area (Å²) in [4.78, 5) is 13.9. The van der Waals surface area contributed by atoms with Gasteiger partial charge in [-0.2, -0.15) is 0 Å². The van der Waals surface area contributed by atoms with Crippen molar-refractivity contribution in [3.63, 3.8) is 0 Å². The number of carbonyl (C=O) groups excluding carboxylic acids is 1. The molecule has 0 atom stereocenters. The summed E-state index contributed by atoms with van der Waals surface area (Å²) in [6.45, 7) is 5.51. The van der Waals surface area contributed by atoms with Crippen LogP contribution in [-0.4, -0.2) is 38.8 Å². The summed E-state index contributed by atoms with van der Waals surface area (Å²) < 4.78 is 11.1. The molecule has 2 aromatic rings. The van der Waals surface area contributed by atoms with E-state index in [0.717, 1.165) is 35.0 Å². The first-order valence-corrected chi connectivity index (χ1v) is 8.58. The lowest BCUT2D eigenvalue weighted by molar-refractivity contribution is 0.0958. The standard InChI is InChI=1S/C17H20N2O3S.ClH/c1-2-18-7-8-19-17(20)16-6-5-15(23-16)12-3-4-13-14(11-12)22-10-9-21-13;/h3-6,11,18H,2,7-10H2,1H3,(H,19,20);1H. The van der Waals surface area contributed by atoms with E-state index in [0.29, 0.717) is 24.6 Å². The van der Waals surface area contributed by atoms with Gasteiger partial charge in [-0.15, -0.1) is 23.7 Å². The molecule has 0 saturated heterocycles. The van der Waals surface area contributed by atoms with Crippen molar-refractivity contribution >= 4 is 29.7 Å². The first-order valence-electron chi connectivity index (χ1n) is 7.76. The summed E-state index contributed by atoms with van der Waals surface area (Å²) >= 11 is 1.48. The molecule has 2 N–H and O–H groups in total. The molecule has 1 aromatic carbocycles. The summed E-state index contributed by atoms with van der Waals surface area (Å²) in [7, 11) is 0. The number of thiophene rings is 1. The number of nitrogens with one attached hydrogen (secondary N) is 2. The molecule has 1 amide bonds. The molecule has 7 heteroatoms. The molecule has 0 spiro atoms. The van der Waals surface area contributed by atoms with Crippen LogP contribution in [0.3, 0.4) is 0 Å². The number of carbonyl (C=O) groups is 1. The third-order valence-corrected chi connectivity index (χ3v) is 4.63. The fourth-order valence-corrected chi connectivity index (χ4v) is 3.26. The fraction of sp³-hybridized carbons (Fsp3) is 0.353. The number of benzene rings is 1. The van der Waals surface area contributed by atoms with Crippen LogP contribution in [0, 0.1) is 0 Å². The molecule has 0 aliphatic carbocycles. The van der Waals surface area contributed by atoms with Crippen molar-refractivity contribution in [2.24, 2.45) is 0 Å². The average Bonchev–Trinajstić information content (AvgIpc) is 3.08. The van der Waals surface area contributed by atoms with Crippen LogP contribution in [0.4, 0.5) is 0 Å². The van der Waals surface area contributed by atoms with Gasteiger partial charge in [0.05, 0.1) is 4.88 Å². The van der Waals surface area contributed by atoms with E-state index in [4.69, 9.17) is 9.47 Å². The molecular weight excluding hydrogens is 348 g/mol. The molecular formula is C17H21ClN2O3S. The van der Waals surface area contributed by atoms with Crippen molar-refractivity contribution in [2.45, 2.75) is 6.92 Å². The molecule has 24 heavy (non-hydrogen) atoms. The molecule has 2 heterocycles. The van der Waals surface area contributed by atoms with Crippen LogP contribution in [0.15, 0.2) is 30.3 Å². The van der Waals surface area contributed by atoms with E-state index >= 15 is 0 Å². The van der Waals surface area contributed by atoms with Gasteiger partial charge < -0.3 is 20.1 Å². The maximum Gasteiger partial charge on any atom is 0.261 e. The second-order valence-electron chi connectivity index (χ2n) is 5.13. The quantitative estimate of drug-likeness (QED) is 0.770.